The lowest BCUT2D eigenvalue weighted by Crippen LogP contribution is -2.25. The second-order valence-electron chi connectivity index (χ2n) is 14.6. The Balaban J connectivity index is 1.30. The van der Waals surface area contributed by atoms with Gasteiger partial charge < -0.3 is 4.90 Å². The molecule has 0 aliphatic heterocycles. The lowest BCUT2D eigenvalue weighted by molar-refractivity contribution is 0.398. The number of hydrogen-bond acceptors (Lipinski definition) is 1. The van der Waals surface area contributed by atoms with Gasteiger partial charge in [0.1, 0.15) is 0 Å². The van der Waals surface area contributed by atoms with E-state index in [1.54, 1.807) is 11.1 Å². The van der Waals surface area contributed by atoms with E-state index in [2.05, 4.69) is 136 Å². The minimum absolute atomic E-state index is 0.110. The van der Waals surface area contributed by atoms with Crippen LogP contribution in [0.3, 0.4) is 0 Å². The number of benzene rings is 5. The van der Waals surface area contributed by atoms with Crippen molar-refractivity contribution in [3.05, 3.63) is 120 Å². The van der Waals surface area contributed by atoms with Crippen LogP contribution < -0.4 is 4.90 Å². The van der Waals surface area contributed by atoms with Crippen LogP contribution >= 0.6 is 0 Å². The van der Waals surface area contributed by atoms with Gasteiger partial charge in [0, 0.05) is 23.8 Å². The molecule has 1 heteroatoms. The van der Waals surface area contributed by atoms with Crippen LogP contribution in [-0.2, 0) is 5.41 Å². The molecule has 0 fully saturated rings. The summed E-state index contributed by atoms with van der Waals surface area (Å²) in [7, 11) is 2.17. The Morgan fingerprint density at radius 1 is 0.479 bits per heavy atom. The van der Waals surface area contributed by atoms with E-state index >= 15 is 0 Å². The lowest BCUT2D eigenvalue weighted by Gasteiger charge is -2.33. The molecular formula is C47H57N. The van der Waals surface area contributed by atoms with Gasteiger partial charge in [-0.2, -0.15) is 0 Å². The second kappa shape index (κ2) is 16.0. The van der Waals surface area contributed by atoms with Gasteiger partial charge in [-0.05, 0) is 94.3 Å². The van der Waals surface area contributed by atoms with E-state index in [4.69, 9.17) is 0 Å². The Morgan fingerprint density at radius 3 is 1.69 bits per heavy atom. The molecule has 250 valence electrons. The van der Waals surface area contributed by atoms with Crippen molar-refractivity contribution >= 4 is 22.1 Å². The van der Waals surface area contributed by atoms with Crippen molar-refractivity contribution in [2.24, 2.45) is 0 Å². The third-order valence-electron chi connectivity index (χ3n) is 11.1. The SMILES string of the molecule is CCCCCCCCC1(CCCCCCCC)c2cc(C)ccc2-c2ccc(-c3ccc(N(C)c4ccc5ccccc5c4)cc3)cc21. The van der Waals surface area contributed by atoms with Gasteiger partial charge in [0.2, 0.25) is 0 Å². The molecule has 0 spiro atoms. The first kappa shape index (κ1) is 34.0. The first-order valence-electron chi connectivity index (χ1n) is 19.1. The number of unbranched alkanes of at least 4 members (excludes halogenated alkanes) is 10. The highest BCUT2D eigenvalue weighted by molar-refractivity contribution is 5.87. The van der Waals surface area contributed by atoms with E-state index in [0.717, 1.165) is 0 Å². The van der Waals surface area contributed by atoms with Gasteiger partial charge in [0.15, 0.2) is 0 Å². The minimum Gasteiger partial charge on any atom is -0.345 e. The molecule has 0 saturated heterocycles. The third kappa shape index (κ3) is 7.41. The molecule has 1 aliphatic carbocycles. The zero-order chi connectivity index (χ0) is 33.3. The van der Waals surface area contributed by atoms with E-state index < -0.39 is 0 Å². The summed E-state index contributed by atoms with van der Waals surface area (Å²) in [5.74, 6) is 0. The Kier molecular flexibility index (Phi) is 11.4. The summed E-state index contributed by atoms with van der Waals surface area (Å²) in [4.78, 5) is 2.30. The van der Waals surface area contributed by atoms with Crippen LogP contribution in [0.5, 0.6) is 0 Å². The lowest BCUT2D eigenvalue weighted by atomic mass is 9.70. The molecule has 0 aromatic heterocycles. The van der Waals surface area contributed by atoms with Crippen molar-refractivity contribution in [2.75, 3.05) is 11.9 Å². The van der Waals surface area contributed by atoms with Gasteiger partial charge in [-0.1, -0.05) is 169 Å². The molecule has 0 bridgehead atoms. The van der Waals surface area contributed by atoms with Crippen molar-refractivity contribution in [3.63, 3.8) is 0 Å². The van der Waals surface area contributed by atoms with Crippen LogP contribution in [0.25, 0.3) is 33.0 Å². The predicted molar refractivity (Wildman–Crippen MR) is 211 cm³/mol. The highest BCUT2D eigenvalue weighted by Crippen LogP contribution is 2.55. The molecule has 6 rings (SSSR count). The van der Waals surface area contributed by atoms with Crippen LogP contribution in [-0.4, -0.2) is 7.05 Å². The predicted octanol–water partition coefficient (Wildman–Crippen LogP) is 14.4. The summed E-state index contributed by atoms with van der Waals surface area (Å²) < 4.78 is 0. The van der Waals surface area contributed by atoms with Gasteiger partial charge in [0.25, 0.3) is 0 Å². The van der Waals surface area contributed by atoms with Crippen molar-refractivity contribution in [1.29, 1.82) is 0 Å². The normalized spacial score (nSPS) is 13.1. The zero-order valence-corrected chi connectivity index (χ0v) is 30.2. The largest absolute Gasteiger partial charge is 0.345 e. The van der Waals surface area contributed by atoms with Crippen LogP contribution in [0.4, 0.5) is 11.4 Å². The average Bonchev–Trinajstić information content (AvgIpc) is 3.38. The van der Waals surface area contributed by atoms with Gasteiger partial charge in [0.05, 0.1) is 0 Å². The maximum Gasteiger partial charge on any atom is 0.0414 e. The van der Waals surface area contributed by atoms with Gasteiger partial charge in [-0.25, -0.2) is 0 Å². The smallest absolute Gasteiger partial charge is 0.0414 e. The van der Waals surface area contributed by atoms with Crippen LogP contribution in [0.15, 0.2) is 103 Å². The number of hydrogen-bond donors (Lipinski definition) is 0. The second-order valence-corrected chi connectivity index (χ2v) is 14.6. The number of nitrogens with zero attached hydrogens (tertiary/aromatic N) is 1. The van der Waals surface area contributed by atoms with Crippen molar-refractivity contribution in [3.8, 4) is 22.3 Å². The van der Waals surface area contributed by atoms with Gasteiger partial charge in [-0.3, -0.25) is 0 Å². The van der Waals surface area contributed by atoms with E-state index in [1.807, 2.05) is 0 Å². The highest BCUT2D eigenvalue weighted by atomic mass is 15.1. The van der Waals surface area contributed by atoms with Gasteiger partial charge >= 0.3 is 0 Å². The number of anilines is 2. The Morgan fingerprint density at radius 2 is 1.02 bits per heavy atom. The first-order chi connectivity index (χ1) is 23.5. The molecule has 0 saturated carbocycles. The van der Waals surface area contributed by atoms with E-state index in [9.17, 15) is 0 Å². The topological polar surface area (TPSA) is 3.24 Å². The number of rotatable bonds is 17. The summed E-state index contributed by atoms with van der Waals surface area (Å²) in [6.07, 6.45) is 18.7. The molecule has 0 radical (unpaired) electrons. The molecule has 5 aromatic carbocycles. The van der Waals surface area contributed by atoms with E-state index in [0.29, 0.717) is 0 Å². The molecule has 5 aromatic rings. The van der Waals surface area contributed by atoms with Crippen LogP contribution in [0, 0.1) is 6.92 Å². The highest BCUT2D eigenvalue weighted by Gasteiger charge is 2.42. The molecule has 0 N–H and O–H groups in total. The molecule has 1 aliphatic rings. The Hall–Kier alpha value is -3.84. The van der Waals surface area contributed by atoms with Crippen molar-refractivity contribution < 1.29 is 0 Å². The summed E-state index contributed by atoms with van der Waals surface area (Å²) in [5, 5.41) is 2.56. The molecule has 0 unspecified atom stereocenters. The van der Waals surface area contributed by atoms with Gasteiger partial charge in [-0.15, -0.1) is 0 Å². The fourth-order valence-corrected chi connectivity index (χ4v) is 8.28. The van der Waals surface area contributed by atoms with Crippen molar-refractivity contribution in [1.82, 2.24) is 0 Å². The van der Waals surface area contributed by atoms with Crippen molar-refractivity contribution in [2.45, 2.75) is 116 Å². The third-order valence-corrected chi connectivity index (χ3v) is 11.1. The Labute approximate surface area is 291 Å². The Bertz CT molecular complexity index is 1760. The summed E-state index contributed by atoms with van der Waals surface area (Å²) in [6, 6.07) is 39.3. The van der Waals surface area contributed by atoms with Crippen LogP contribution in [0.2, 0.25) is 0 Å². The fraction of sp³-hybridized carbons (Fsp3) is 0.404. The standard InChI is InChI=1S/C47H57N/c1-5-7-9-11-13-17-31-47(32-18-14-12-10-8-6-2)45-33-36(3)21-29-43(45)44-30-25-40(35-46(44)47)38-22-26-41(27-23-38)48(4)42-28-24-37-19-15-16-20-39(37)34-42/h15-16,19-30,33-35H,5-14,17-18,31-32H2,1-4H3. The monoisotopic (exact) mass is 635 g/mol. The molecule has 0 heterocycles. The van der Waals surface area contributed by atoms with Crippen LogP contribution in [0.1, 0.15) is 120 Å². The maximum absolute atomic E-state index is 2.58. The first-order valence-corrected chi connectivity index (χ1v) is 19.1. The average molecular weight is 636 g/mol. The zero-order valence-electron chi connectivity index (χ0n) is 30.2. The molecule has 48 heavy (non-hydrogen) atoms. The maximum atomic E-state index is 2.58. The summed E-state index contributed by atoms with van der Waals surface area (Å²) in [5.41, 5.74) is 12.7. The minimum atomic E-state index is 0.110. The van der Waals surface area contributed by atoms with E-state index in [1.165, 1.54) is 140 Å². The number of aryl methyl sites for hydroxylation is 1. The molecule has 0 amide bonds. The molecule has 1 nitrogen and oxygen atoms in total. The fourth-order valence-electron chi connectivity index (χ4n) is 8.28. The summed E-state index contributed by atoms with van der Waals surface area (Å²) in [6.45, 7) is 6.92. The molecule has 0 atom stereocenters. The van der Waals surface area contributed by atoms with E-state index in [-0.39, 0.29) is 5.41 Å². The molecular weight excluding hydrogens is 579 g/mol. The number of fused-ring (bicyclic) bond motifs is 4. The quantitative estimate of drug-likeness (QED) is 0.0919. The summed E-state index contributed by atoms with van der Waals surface area (Å²) >= 11 is 0.